The molecular formula is C24H25NO4S. The Hall–Kier alpha value is -2.44. The predicted molar refractivity (Wildman–Crippen MR) is 113 cm³/mol. The summed E-state index contributed by atoms with van der Waals surface area (Å²) in [7, 11) is -3.64. The van der Waals surface area contributed by atoms with Crippen LogP contribution in [0.3, 0.4) is 0 Å². The van der Waals surface area contributed by atoms with Gasteiger partial charge in [0, 0.05) is 12.8 Å². The zero-order chi connectivity index (χ0) is 21.4. The molecule has 0 N–H and O–H groups in total. The first-order valence-electron chi connectivity index (χ1n) is 10.3. The number of rotatable bonds is 4. The third-order valence-corrected chi connectivity index (χ3v) is 8.57. The Bertz CT molecular complexity index is 1140. The first-order valence-corrected chi connectivity index (χ1v) is 11.7. The van der Waals surface area contributed by atoms with Gasteiger partial charge in [0.1, 0.15) is 5.76 Å². The van der Waals surface area contributed by atoms with E-state index in [0.717, 1.165) is 22.3 Å². The zero-order valence-electron chi connectivity index (χ0n) is 17.5. The molecule has 1 aliphatic carbocycles. The molecule has 2 bridgehead atoms. The van der Waals surface area contributed by atoms with Crippen molar-refractivity contribution >= 4 is 16.0 Å². The van der Waals surface area contributed by atoms with Gasteiger partial charge in [-0.3, -0.25) is 4.79 Å². The molecule has 2 aromatic carbocycles. The Balaban J connectivity index is 1.58. The molecule has 5 nitrogen and oxygen atoms in total. The molecule has 6 heteroatoms. The normalized spacial score (nSPS) is 28.6. The summed E-state index contributed by atoms with van der Waals surface area (Å²) in [5.74, 6) is 0.729. The summed E-state index contributed by atoms with van der Waals surface area (Å²) in [5.41, 5.74) is 4.16. The van der Waals surface area contributed by atoms with E-state index in [-0.39, 0.29) is 35.8 Å². The van der Waals surface area contributed by atoms with Gasteiger partial charge < -0.3 is 4.74 Å². The van der Waals surface area contributed by atoms with Crippen molar-refractivity contribution < 1.29 is 17.9 Å². The SMILES string of the molecule is CC(=O)OC(=C(C)C)C1[C@@H]2[C@H]1[C@H]1c3ccccc3[C@@H]2N1S(=O)(=O)c1ccc(C)cc1. The van der Waals surface area contributed by atoms with E-state index in [2.05, 4.69) is 0 Å². The maximum Gasteiger partial charge on any atom is 0.307 e. The predicted octanol–water partition coefficient (Wildman–Crippen LogP) is 4.51. The topological polar surface area (TPSA) is 63.7 Å². The van der Waals surface area contributed by atoms with Gasteiger partial charge in [0.05, 0.1) is 17.0 Å². The Morgan fingerprint density at radius 2 is 1.43 bits per heavy atom. The number of nitrogens with zero attached hydrogens (tertiary/aromatic N) is 1. The smallest absolute Gasteiger partial charge is 0.307 e. The number of hydrogen-bond acceptors (Lipinski definition) is 4. The summed E-state index contributed by atoms with van der Waals surface area (Å²) in [6.45, 7) is 7.25. The molecule has 3 aliphatic rings. The van der Waals surface area contributed by atoms with E-state index in [1.807, 2.05) is 57.2 Å². The molecule has 5 rings (SSSR count). The maximum atomic E-state index is 13.7. The van der Waals surface area contributed by atoms with Crippen LogP contribution < -0.4 is 0 Å². The van der Waals surface area contributed by atoms with Gasteiger partial charge in [-0.05, 0) is 61.4 Å². The van der Waals surface area contributed by atoms with Gasteiger partial charge in [0.15, 0.2) is 0 Å². The van der Waals surface area contributed by atoms with E-state index in [1.54, 1.807) is 16.4 Å². The number of piperidine rings is 1. The highest BCUT2D eigenvalue weighted by atomic mass is 32.2. The molecule has 5 atom stereocenters. The highest BCUT2D eigenvalue weighted by molar-refractivity contribution is 7.89. The van der Waals surface area contributed by atoms with Crippen LogP contribution in [0.1, 0.15) is 49.5 Å². The summed E-state index contributed by atoms with van der Waals surface area (Å²) >= 11 is 0. The van der Waals surface area contributed by atoms with Gasteiger partial charge >= 0.3 is 5.97 Å². The molecule has 30 heavy (non-hydrogen) atoms. The molecule has 0 aromatic heterocycles. The zero-order valence-corrected chi connectivity index (χ0v) is 18.3. The van der Waals surface area contributed by atoms with Crippen molar-refractivity contribution in [3.63, 3.8) is 0 Å². The molecule has 1 saturated carbocycles. The van der Waals surface area contributed by atoms with Crippen LogP contribution in [0.5, 0.6) is 0 Å². The van der Waals surface area contributed by atoms with Crippen LogP contribution in [-0.4, -0.2) is 18.7 Å². The fourth-order valence-electron chi connectivity index (χ4n) is 5.56. The van der Waals surface area contributed by atoms with Crippen LogP contribution in [0.25, 0.3) is 0 Å². The van der Waals surface area contributed by atoms with Crippen LogP contribution in [0.2, 0.25) is 0 Å². The van der Waals surface area contributed by atoms with Gasteiger partial charge in [-0.25, -0.2) is 8.42 Å². The van der Waals surface area contributed by atoms with Crippen LogP contribution in [-0.2, 0) is 19.6 Å². The van der Waals surface area contributed by atoms with Crippen molar-refractivity contribution in [2.24, 2.45) is 17.8 Å². The van der Waals surface area contributed by atoms with E-state index >= 15 is 0 Å². The minimum atomic E-state index is -3.64. The molecule has 2 aliphatic heterocycles. The Morgan fingerprint density at radius 3 is 1.90 bits per heavy atom. The second-order valence-electron chi connectivity index (χ2n) is 8.80. The second-order valence-corrected chi connectivity index (χ2v) is 10.6. The van der Waals surface area contributed by atoms with E-state index in [9.17, 15) is 13.2 Å². The highest BCUT2D eigenvalue weighted by Crippen LogP contribution is 2.76. The summed E-state index contributed by atoms with van der Waals surface area (Å²) in [5, 5.41) is 0. The average Bonchev–Trinajstić information content (AvgIpc) is 3.18. The summed E-state index contributed by atoms with van der Waals surface area (Å²) < 4.78 is 34.6. The molecule has 2 fully saturated rings. The fourth-order valence-corrected chi connectivity index (χ4v) is 7.39. The number of allylic oxidation sites excluding steroid dienone is 2. The van der Waals surface area contributed by atoms with Gasteiger partial charge in [-0.2, -0.15) is 4.31 Å². The van der Waals surface area contributed by atoms with E-state index in [0.29, 0.717) is 10.7 Å². The van der Waals surface area contributed by atoms with Crippen molar-refractivity contribution in [2.45, 2.75) is 44.7 Å². The van der Waals surface area contributed by atoms with Crippen molar-refractivity contribution in [1.82, 2.24) is 4.31 Å². The van der Waals surface area contributed by atoms with E-state index in [1.165, 1.54) is 6.92 Å². The molecular weight excluding hydrogens is 398 g/mol. The number of esters is 1. The van der Waals surface area contributed by atoms with Crippen molar-refractivity contribution in [1.29, 1.82) is 0 Å². The molecule has 0 amide bonds. The molecule has 1 unspecified atom stereocenters. The third-order valence-electron chi connectivity index (χ3n) is 6.69. The first kappa shape index (κ1) is 19.5. The number of benzene rings is 2. The molecule has 0 radical (unpaired) electrons. The summed E-state index contributed by atoms with van der Waals surface area (Å²) in [6.07, 6.45) is 0. The van der Waals surface area contributed by atoms with Crippen molar-refractivity contribution in [3.8, 4) is 0 Å². The highest BCUT2D eigenvalue weighted by Gasteiger charge is 2.74. The summed E-state index contributed by atoms with van der Waals surface area (Å²) in [6, 6.07) is 14.6. The van der Waals surface area contributed by atoms with E-state index < -0.39 is 10.0 Å². The summed E-state index contributed by atoms with van der Waals surface area (Å²) in [4.78, 5) is 12.0. The molecule has 156 valence electrons. The molecule has 2 heterocycles. The van der Waals surface area contributed by atoms with Crippen LogP contribution >= 0.6 is 0 Å². The minimum absolute atomic E-state index is 0.0748. The molecule has 1 saturated heterocycles. The largest absolute Gasteiger partial charge is 0.431 e. The minimum Gasteiger partial charge on any atom is -0.431 e. The lowest BCUT2D eigenvalue weighted by molar-refractivity contribution is -0.137. The van der Waals surface area contributed by atoms with Gasteiger partial charge in [0.25, 0.3) is 0 Å². The average molecular weight is 424 g/mol. The number of aryl methyl sites for hydroxylation is 1. The lowest BCUT2D eigenvalue weighted by Gasteiger charge is -2.27. The Kier molecular flexibility index (Phi) is 4.25. The molecule has 0 spiro atoms. The van der Waals surface area contributed by atoms with E-state index in [4.69, 9.17) is 4.74 Å². The number of fused-ring (bicyclic) bond motifs is 8. The van der Waals surface area contributed by atoms with Gasteiger partial charge in [0.2, 0.25) is 10.0 Å². The number of carbonyl (C=O) groups excluding carboxylic acids is 1. The number of ether oxygens (including phenoxy) is 1. The van der Waals surface area contributed by atoms with Crippen molar-refractivity contribution in [2.75, 3.05) is 0 Å². The monoisotopic (exact) mass is 423 g/mol. The first-order chi connectivity index (χ1) is 14.2. The van der Waals surface area contributed by atoms with Crippen LogP contribution in [0, 0.1) is 24.7 Å². The third kappa shape index (κ3) is 2.63. The fraction of sp³-hybridized carbons (Fsp3) is 0.375. The lowest BCUT2D eigenvalue weighted by atomic mass is 9.92. The number of hydrogen-bond donors (Lipinski definition) is 0. The Morgan fingerprint density at radius 1 is 0.900 bits per heavy atom. The lowest BCUT2D eigenvalue weighted by Crippen LogP contribution is -2.32. The quantitative estimate of drug-likeness (QED) is 0.536. The van der Waals surface area contributed by atoms with Gasteiger partial charge in [-0.1, -0.05) is 42.0 Å². The molecule has 2 aromatic rings. The maximum absolute atomic E-state index is 13.7. The second kappa shape index (κ2) is 6.53. The van der Waals surface area contributed by atoms with Crippen LogP contribution in [0.15, 0.2) is 64.8 Å². The standard InChI is InChI=1S/C24H25NO4S/c1-13(2)24(29-15(4)26)21-19-20(21)23-18-8-6-5-7-17(18)22(19)25(23)30(27,28)16-11-9-14(3)10-12-16/h5-12,19-23H,1-4H3/t19-,20+,21?,22-,23+. The number of carbonyl (C=O) groups is 1. The van der Waals surface area contributed by atoms with Crippen molar-refractivity contribution in [3.05, 3.63) is 76.6 Å². The van der Waals surface area contributed by atoms with Gasteiger partial charge in [-0.15, -0.1) is 0 Å². The Labute approximate surface area is 177 Å². The number of sulfonamides is 1. The van der Waals surface area contributed by atoms with Crippen LogP contribution in [0.4, 0.5) is 0 Å².